The van der Waals surface area contributed by atoms with Crippen molar-refractivity contribution < 1.29 is 9.53 Å². The van der Waals surface area contributed by atoms with Gasteiger partial charge in [0, 0.05) is 50.1 Å². The smallest absolute Gasteiger partial charge is 0.252 e. The van der Waals surface area contributed by atoms with Gasteiger partial charge in [-0.05, 0) is 25.7 Å². The van der Waals surface area contributed by atoms with Gasteiger partial charge in [0.05, 0.1) is 6.04 Å². The van der Waals surface area contributed by atoms with Gasteiger partial charge in [-0.2, -0.15) is 0 Å². The summed E-state index contributed by atoms with van der Waals surface area (Å²) in [5, 5.41) is 3.33. The summed E-state index contributed by atoms with van der Waals surface area (Å²) < 4.78 is 5.56. The van der Waals surface area contributed by atoms with E-state index in [1.54, 1.807) is 0 Å². The molecule has 1 N–H and O–H groups in total. The summed E-state index contributed by atoms with van der Waals surface area (Å²) in [5.74, 6) is 0.937. The third-order valence-electron chi connectivity index (χ3n) is 4.87. The number of amides is 1. The van der Waals surface area contributed by atoms with Crippen molar-refractivity contribution in [1.29, 1.82) is 0 Å². The number of aromatic nitrogens is 2. The number of carbonyl (C=O) groups is 1. The molecule has 3 aliphatic rings. The summed E-state index contributed by atoms with van der Waals surface area (Å²) in [4.78, 5) is 23.9. The average molecular weight is 302 g/mol. The van der Waals surface area contributed by atoms with Gasteiger partial charge in [0.1, 0.15) is 6.10 Å². The van der Waals surface area contributed by atoms with Crippen LogP contribution in [-0.2, 0) is 22.5 Å². The van der Waals surface area contributed by atoms with E-state index in [0.29, 0.717) is 6.61 Å². The predicted octanol–water partition coefficient (Wildman–Crippen LogP) is 0.965. The second-order valence-electron chi connectivity index (χ2n) is 6.32. The molecule has 6 heteroatoms. The lowest BCUT2D eigenvalue weighted by Crippen LogP contribution is -2.39. The monoisotopic (exact) mass is 302 g/mol. The number of nitrogens with one attached hydrogen (secondary N) is 1. The van der Waals surface area contributed by atoms with Crippen molar-refractivity contribution >= 4 is 5.91 Å². The van der Waals surface area contributed by atoms with Gasteiger partial charge in [0.15, 0.2) is 5.82 Å². The number of ether oxygens (including phenoxy) is 1. The third kappa shape index (κ3) is 2.50. The largest absolute Gasteiger partial charge is 0.368 e. The normalized spacial score (nSPS) is 27.9. The zero-order valence-electron chi connectivity index (χ0n) is 12.8. The summed E-state index contributed by atoms with van der Waals surface area (Å²) in [7, 11) is 0. The first-order chi connectivity index (χ1) is 10.8. The van der Waals surface area contributed by atoms with Crippen LogP contribution < -0.4 is 5.32 Å². The van der Waals surface area contributed by atoms with Gasteiger partial charge in [0.25, 0.3) is 5.91 Å². The average Bonchev–Trinajstić information content (AvgIpc) is 3.25. The molecular weight excluding hydrogens is 280 g/mol. The van der Waals surface area contributed by atoms with E-state index in [9.17, 15) is 4.79 Å². The SMILES string of the molecule is O=C([C@H]1CCCO1)N1CCC[C@@H]1c1ncc2c(n1)CCNC2. The van der Waals surface area contributed by atoms with Gasteiger partial charge < -0.3 is 15.0 Å². The molecule has 1 aromatic heterocycles. The van der Waals surface area contributed by atoms with Gasteiger partial charge in [-0.1, -0.05) is 0 Å². The number of carbonyl (C=O) groups excluding carboxylic acids is 1. The molecule has 0 spiro atoms. The molecule has 3 aliphatic heterocycles. The summed E-state index contributed by atoms with van der Waals surface area (Å²) in [5.41, 5.74) is 2.32. The fourth-order valence-electron chi connectivity index (χ4n) is 3.67. The van der Waals surface area contributed by atoms with Crippen molar-refractivity contribution in [2.45, 2.75) is 50.8 Å². The van der Waals surface area contributed by atoms with E-state index in [1.807, 2.05) is 11.1 Å². The van der Waals surface area contributed by atoms with Crippen LogP contribution in [0, 0.1) is 0 Å². The minimum Gasteiger partial charge on any atom is -0.368 e. The second-order valence-corrected chi connectivity index (χ2v) is 6.32. The molecule has 0 unspecified atom stereocenters. The molecule has 0 saturated carbocycles. The van der Waals surface area contributed by atoms with Gasteiger partial charge in [-0.15, -0.1) is 0 Å². The number of nitrogens with zero attached hydrogens (tertiary/aromatic N) is 3. The van der Waals surface area contributed by atoms with Crippen LogP contribution in [0.3, 0.4) is 0 Å². The Morgan fingerprint density at radius 1 is 1.36 bits per heavy atom. The number of rotatable bonds is 2. The maximum atomic E-state index is 12.7. The molecule has 1 amide bonds. The Balaban J connectivity index is 1.56. The first-order valence-corrected chi connectivity index (χ1v) is 8.30. The quantitative estimate of drug-likeness (QED) is 0.881. The molecule has 4 heterocycles. The summed E-state index contributed by atoms with van der Waals surface area (Å²) in [6.07, 6.45) is 6.42. The molecule has 2 atom stereocenters. The van der Waals surface area contributed by atoms with E-state index in [0.717, 1.165) is 63.3 Å². The maximum absolute atomic E-state index is 12.7. The Morgan fingerprint density at radius 2 is 2.32 bits per heavy atom. The van der Waals surface area contributed by atoms with Gasteiger partial charge in [0.2, 0.25) is 0 Å². The van der Waals surface area contributed by atoms with Crippen LogP contribution in [0.5, 0.6) is 0 Å². The Kier molecular flexibility index (Phi) is 3.80. The van der Waals surface area contributed by atoms with Crippen molar-refractivity contribution in [3.63, 3.8) is 0 Å². The zero-order chi connectivity index (χ0) is 14.9. The topological polar surface area (TPSA) is 67.3 Å². The Hall–Kier alpha value is -1.53. The van der Waals surface area contributed by atoms with Crippen LogP contribution in [0.25, 0.3) is 0 Å². The van der Waals surface area contributed by atoms with Crippen molar-refractivity contribution in [3.05, 3.63) is 23.3 Å². The van der Waals surface area contributed by atoms with Crippen molar-refractivity contribution in [2.24, 2.45) is 0 Å². The lowest BCUT2D eigenvalue weighted by Gasteiger charge is -2.27. The van der Waals surface area contributed by atoms with E-state index in [2.05, 4.69) is 10.3 Å². The van der Waals surface area contributed by atoms with E-state index in [1.165, 1.54) is 5.56 Å². The lowest BCUT2D eigenvalue weighted by molar-refractivity contribution is -0.142. The highest BCUT2D eigenvalue weighted by Crippen LogP contribution is 2.32. The lowest BCUT2D eigenvalue weighted by atomic mass is 10.1. The second kappa shape index (κ2) is 5.93. The van der Waals surface area contributed by atoms with Gasteiger partial charge in [-0.25, -0.2) is 9.97 Å². The van der Waals surface area contributed by atoms with Crippen LogP contribution in [0.2, 0.25) is 0 Å². The fraction of sp³-hybridized carbons (Fsp3) is 0.688. The molecule has 22 heavy (non-hydrogen) atoms. The molecular formula is C16H22N4O2. The molecule has 0 aliphatic carbocycles. The highest BCUT2D eigenvalue weighted by molar-refractivity contribution is 5.81. The summed E-state index contributed by atoms with van der Waals surface area (Å²) >= 11 is 0. The molecule has 6 nitrogen and oxygen atoms in total. The van der Waals surface area contributed by atoms with Gasteiger partial charge in [-0.3, -0.25) is 4.79 Å². The van der Waals surface area contributed by atoms with Crippen LogP contribution in [0.15, 0.2) is 6.20 Å². The Morgan fingerprint density at radius 3 is 3.18 bits per heavy atom. The van der Waals surface area contributed by atoms with Crippen LogP contribution >= 0.6 is 0 Å². The maximum Gasteiger partial charge on any atom is 0.252 e. The standard InChI is InChI=1S/C16H22N4O2/c21-16(14-4-2-8-22-14)20-7-1-3-13(20)15-18-10-11-9-17-6-5-12(11)19-15/h10,13-14,17H,1-9H2/t13-,14-/m1/s1. The molecule has 118 valence electrons. The summed E-state index contributed by atoms with van der Waals surface area (Å²) in [6.45, 7) is 3.31. The van der Waals surface area contributed by atoms with Gasteiger partial charge >= 0.3 is 0 Å². The highest BCUT2D eigenvalue weighted by Gasteiger charge is 2.37. The minimum atomic E-state index is -0.248. The number of hydrogen-bond donors (Lipinski definition) is 1. The molecule has 4 rings (SSSR count). The van der Waals surface area contributed by atoms with Crippen molar-refractivity contribution in [3.8, 4) is 0 Å². The molecule has 1 aromatic rings. The number of likely N-dealkylation sites (tertiary alicyclic amines) is 1. The van der Waals surface area contributed by atoms with E-state index < -0.39 is 0 Å². The van der Waals surface area contributed by atoms with E-state index in [-0.39, 0.29) is 18.1 Å². The van der Waals surface area contributed by atoms with Crippen molar-refractivity contribution in [1.82, 2.24) is 20.2 Å². The first kappa shape index (κ1) is 14.1. The van der Waals surface area contributed by atoms with E-state index in [4.69, 9.17) is 9.72 Å². The molecule has 0 aromatic carbocycles. The summed E-state index contributed by atoms with van der Waals surface area (Å²) in [6, 6.07) is 0.0249. The highest BCUT2D eigenvalue weighted by atomic mass is 16.5. The Labute approximate surface area is 130 Å². The minimum absolute atomic E-state index is 0.0249. The van der Waals surface area contributed by atoms with Crippen LogP contribution in [0.1, 0.15) is 48.8 Å². The van der Waals surface area contributed by atoms with Crippen LogP contribution in [0.4, 0.5) is 0 Å². The molecule has 2 fully saturated rings. The van der Waals surface area contributed by atoms with Crippen molar-refractivity contribution in [2.75, 3.05) is 19.7 Å². The third-order valence-corrected chi connectivity index (χ3v) is 4.87. The molecule has 0 bridgehead atoms. The zero-order valence-corrected chi connectivity index (χ0v) is 12.8. The van der Waals surface area contributed by atoms with E-state index >= 15 is 0 Å². The fourth-order valence-corrected chi connectivity index (χ4v) is 3.67. The number of fused-ring (bicyclic) bond motifs is 1. The molecule has 2 saturated heterocycles. The first-order valence-electron chi connectivity index (χ1n) is 8.30. The Bertz CT molecular complexity index is 571. The van der Waals surface area contributed by atoms with Crippen LogP contribution in [-0.4, -0.2) is 46.6 Å². The number of hydrogen-bond acceptors (Lipinski definition) is 5. The predicted molar refractivity (Wildman–Crippen MR) is 80.1 cm³/mol. The molecule has 0 radical (unpaired) electrons.